The first-order chi connectivity index (χ1) is 10.9. The van der Waals surface area contributed by atoms with E-state index in [2.05, 4.69) is 57.2 Å². The van der Waals surface area contributed by atoms with Crippen LogP contribution in [0.15, 0.2) is 42.5 Å². The Hall–Kier alpha value is -2.20. The van der Waals surface area contributed by atoms with E-state index in [9.17, 15) is 0 Å². The van der Waals surface area contributed by atoms with Gasteiger partial charge in [-0.2, -0.15) is 0 Å². The fourth-order valence-electron chi connectivity index (χ4n) is 3.64. The predicted octanol–water partition coefficient (Wildman–Crippen LogP) is 3.04. The van der Waals surface area contributed by atoms with Crippen molar-refractivity contribution in [1.29, 1.82) is 0 Å². The molecule has 2 aromatic carbocycles. The molecule has 0 atom stereocenters. The van der Waals surface area contributed by atoms with Crippen LogP contribution in [0.5, 0.6) is 0 Å². The van der Waals surface area contributed by atoms with Crippen molar-refractivity contribution in [2.75, 3.05) is 6.61 Å². The maximum absolute atomic E-state index is 5.68. The number of aromatic nitrogens is 3. The highest BCUT2D eigenvalue weighted by Gasteiger charge is 2.49. The van der Waals surface area contributed by atoms with Crippen LogP contribution in [-0.2, 0) is 23.3 Å². The zero-order chi connectivity index (χ0) is 14.6. The molecule has 2 heterocycles. The van der Waals surface area contributed by atoms with Gasteiger partial charge in [0.25, 0.3) is 0 Å². The lowest BCUT2D eigenvalue weighted by Crippen LogP contribution is -2.32. The molecular weight excluding hydrogens is 274 g/mol. The fourth-order valence-corrected chi connectivity index (χ4v) is 3.64. The van der Waals surface area contributed by atoms with E-state index in [1.165, 1.54) is 29.2 Å². The van der Waals surface area contributed by atoms with Crippen molar-refractivity contribution in [3.63, 3.8) is 0 Å². The van der Waals surface area contributed by atoms with Crippen molar-refractivity contribution in [2.24, 2.45) is 0 Å². The topological polar surface area (TPSA) is 39.9 Å². The Bertz CT molecular complexity index is 858. The fraction of sp³-hybridized carbons (Fsp3) is 0.333. The summed E-state index contributed by atoms with van der Waals surface area (Å²) in [5.74, 6) is 2.06. The first-order valence-corrected chi connectivity index (χ1v) is 7.84. The molecule has 0 radical (unpaired) electrons. The van der Waals surface area contributed by atoms with Crippen molar-refractivity contribution in [3.05, 3.63) is 59.7 Å². The number of benzene rings is 2. The van der Waals surface area contributed by atoms with Crippen LogP contribution in [-0.4, -0.2) is 21.4 Å². The maximum atomic E-state index is 5.68. The van der Waals surface area contributed by atoms with Crippen molar-refractivity contribution in [2.45, 2.75) is 31.4 Å². The van der Waals surface area contributed by atoms with Gasteiger partial charge in [0.1, 0.15) is 12.4 Å². The summed E-state index contributed by atoms with van der Waals surface area (Å²) in [6.45, 7) is 1.39. The first kappa shape index (κ1) is 12.4. The Morgan fingerprint density at radius 1 is 1.05 bits per heavy atom. The van der Waals surface area contributed by atoms with Gasteiger partial charge >= 0.3 is 0 Å². The highest BCUT2D eigenvalue weighted by Crippen LogP contribution is 2.47. The average Bonchev–Trinajstić information content (AvgIpc) is 3.19. The molecule has 0 bridgehead atoms. The molecule has 1 spiro atoms. The van der Waals surface area contributed by atoms with Crippen LogP contribution in [0.2, 0.25) is 0 Å². The van der Waals surface area contributed by atoms with E-state index >= 15 is 0 Å². The number of fused-ring (bicyclic) bond motifs is 3. The standard InChI is InChI=1S/C18H17N3O/c1-2-7-15-13(4-1)5-3-6-14(15)10-16-19-20-17-11-22-12-18(8-9-18)21(16)17/h1-7H,8-12H2. The Morgan fingerprint density at radius 3 is 2.82 bits per heavy atom. The lowest BCUT2D eigenvalue weighted by atomic mass is 10.0. The summed E-state index contributed by atoms with van der Waals surface area (Å²) in [6, 6.07) is 15.0. The molecule has 1 saturated carbocycles. The second-order valence-corrected chi connectivity index (χ2v) is 6.40. The van der Waals surface area contributed by atoms with Gasteiger partial charge in [-0.05, 0) is 29.2 Å². The Kier molecular flexibility index (Phi) is 2.47. The first-order valence-electron chi connectivity index (χ1n) is 7.84. The van der Waals surface area contributed by atoms with Gasteiger partial charge < -0.3 is 9.30 Å². The molecular formula is C18H17N3O. The number of hydrogen-bond acceptors (Lipinski definition) is 3. The summed E-state index contributed by atoms with van der Waals surface area (Å²) < 4.78 is 8.04. The summed E-state index contributed by atoms with van der Waals surface area (Å²) >= 11 is 0. The molecule has 3 aromatic rings. The Morgan fingerprint density at radius 2 is 1.91 bits per heavy atom. The third-order valence-corrected chi connectivity index (χ3v) is 4.93. The van der Waals surface area contributed by atoms with Crippen LogP contribution in [0.4, 0.5) is 0 Å². The van der Waals surface area contributed by atoms with Gasteiger partial charge in [-0.1, -0.05) is 42.5 Å². The van der Waals surface area contributed by atoms with E-state index in [4.69, 9.17) is 4.74 Å². The van der Waals surface area contributed by atoms with Gasteiger partial charge in [0.15, 0.2) is 5.82 Å². The van der Waals surface area contributed by atoms with E-state index in [1.807, 2.05) is 0 Å². The van der Waals surface area contributed by atoms with Gasteiger partial charge in [0.2, 0.25) is 0 Å². The highest BCUT2D eigenvalue weighted by molar-refractivity contribution is 5.85. The molecule has 4 nitrogen and oxygen atoms in total. The molecule has 110 valence electrons. The number of hydrogen-bond donors (Lipinski definition) is 0. The molecule has 1 aliphatic carbocycles. The van der Waals surface area contributed by atoms with Crippen LogP contribution in [0.3, 0.4) is 0 Å². The zero-order valence-electron chi connectivity index (χ0n) is 12.3. The van der Waals surface area contributed by atoms with E-state index in [0.29, 0.717) is 6.61 Å². The van der Waals surface area contributed by atoms with Crippen LogP contribution >= 0.6 is 0 Å². The number of nitrogens with zero attached hydrogens (tertiary/aromatic N) is 3. The number of ether oxygens (including phenoxy) is 1. The summed E-state index contributed by atoms with van der Waals surface area (Å²) in [5.41, 5.74) is 1.47. The summed E-state index contributed by atoms with van der Waals surface area (Å²) in [5, 5.41) is 11.4. The molecule has 1 fully saturated rings. The van der Waals surface area contributed by atoms with Gasteiger partial charge in [0.05, 0.1) is 12.1 Å². The molecule has 0 unspecified atom stereocenters. The van der Waals surface area contributed by atoms with Gasteiger partial charge in [-0.15, -0.1) is 10.2 Å². The number of rotatable bonds is 2. The monoisotopic (exact) mass is 291 g/mol. The van der Waals surface area contributed by atoms with E-state index < -0.39 is 0 Å². The normalized spacial score (nSPS) is 18.5. The van der Waals surface area contributed by atoms with Crippen molar-refractivity contribution >= 4 is 10.8 Å². The van der Waals surface area contributed by atoms with Crippen LogP contribution in [0.25, 0.3) is 10.8 Å². The summed E-state index contributed by atoms with van der Waals surface area (Å²) in [7, 11) is 0. The molecule has 22 heavy (non-hydrogen) atoms. The molecule has 2 aliphatic rings. The third-order valence-electron chi connectivity index (χ3n) is 4.93. The van der Waals surface area contributed by atoms with Crippen LogP contribution in [0, 0.1) is 0 Å². The lowest BCUT2D eigenvalue weighted by Gasteiger charge is -2.26. The molecule has 1 aliphatic heterocycles. The minimum atomic E-state index is 0.150. The molecule has 0 N–H and O–H groups in total. The summed E-state index contributed by atoms with van der Waals surface area (Å²) in [4.78, 5) is 0. The minimum absolute atomic E-state index is 0.150. The molecule has 0 amide bonds. The Balaban J connectivity index is 1.61. The zero-order valence-corrected chi connectivity index (χ0v) is 12.3. The summed E-state index contributed by atoms with van der Waals surface area (Å²) in [6.07, 6.45) is 3.19. The predicted molar refractivity (Wildman–Crippen MR) is 83.6 cm³/mol. The van der Waals surface area contributed by atoms with E-state index in [-0.39, 0.29) is 5.54 Å². The minimum Gasteiger partial charge on any atom is -0.371 e. The molecule has 1 aromatic heterocycles. The van der Waals surface area contributed by atoms with Gasteiger partial charge in [-0.3, -0.25) is 0 Å². The molecule has 4 heteroatoms. The quantitative estimate of drug-likeness (QED) is 0.728. The second-order valence-electron chi connectivity index (χ2n) is 6.40. The van der Waals surface area contributed by atoms with Gasteiger partial charge in [0, 0.05) is 6.42 Å². The largest absolute Gasteiger partial charge is 0.371 e. The van der Waals surface area contributed by atoms with Gasteiger partial charge in [-0.25, -0.2) is 0 Å². The average molecular weight is 291 g/mol. The SMILES string of the molecule is c1ccc2c(Cc3nnc4n3C3(CC3)COC4)cccc2c1. The molecule has 0 saturated heterocycles. The van der Waals surface area contributed by atoms with Crippen molar-refractivity contribution in [3.8, 4) is 0 Å². The maximum Gasteiger partial charge on any atom is 0.159 e. The lowest BCUT2D eigenvalue weighted by molar-refractivity contribution is 0.0435. The van der Waals surface area contributed by atoms with E-state index in [0.717, 1.165) is 24.7 Å². The molecule has 5 rings (SSSR count). The smallest absolute Gasteiger partial charge is 0.159 e. The highest BCUT2D eigenvalue weighted by atomic mass is 16.5. The van der Waals surface area contributed by atoms with E-state index in [1.54, 1.807) is 0 Å². The van der Waals surface area contributed by atoms with Crippen LogP contribution in [0.1, 0.15) is 30.1 Å². The third kappa shape index (κ3) is 1.74. The van der Waals surface area contributed by atoms with Crippen LogP contribution < -0.4 is 0 Å². The second kappa shape index (κ2) is 4.40. The Labute approximate surface area is 128 Å². The van der Waals surface area contributed by atoms with Crippen molar-refractivity contribution in [1.82, 2.24) is 14.8 Å². The van der Waals surface area contributed by atoms with Crippen molar-refractivity contribution < 1.29 is 4.74 Å².